The van der Waals surface area contributed by atoms with Gasteiger partial charge in [-0.15, -0.1) is 0 Å². The highest BCUT2D eigenvalue weighted by molar-refractivity contribution is 14.1. The monoisotopic (exact) mass is 374 g/mol. The number of amides is 1. The molecule has 1 fully saturated rings. The normalized spacial score (nSPS) is 18.9. The third-order valence-corrected chi connectivity index (χ3v) is 4.26. The quantitative estimate of drug-likeness (QED) is 0.794. The van der Waals surface area contributed by atoms with Gasteiger partial charge < -0.3 is 15.4 Å². The smallest absolute Gasteiger partial charge is 0.252 e. The highest BCUT2D eigenvalue weighted by atomic mass is 127. The molecular formula is C14H19IN2O2. The number of benzene rings is 1. The van der Waals surface area contributed by atoms with Crippen LogP contribution in [0.3, 0.4) is 0 Å². The van der Waals surface area contributed by atoms with E-state index in [0.717, 1.165) is 29.0 Å². The van der Waals surface area contributed by atoms with Crippen LogP contribution in [0.4, 0.5) is 0 Å². The van der Waals surface area contributed by atoms with E-state index in [4.69, 9.17) is 4.74 Å². The topological polar surface area (TPSA) is 50.4 Å². The van der Waals surface area contributed by atoms with E-state index in [0.29, 0.717) is 11.5 Å². The van der Waals surface area contributed by atoms with E-state index in [1.807, 2.05) is 18.2 Å². The zero-order valence-corrected chi connectivity index (χ0v) is 13.2. The molecule has 0 bridgehead atoms. The number of hydrogen-bond donors (Lipinski definition) is 2. The number of nitrogens with one attached hydrogen (secondary N) is 2. The first kappa shape index (κ1) is 14.6. The Morgan fingerprint density at radius 2 is 2.42 bits per heavy atom. The molecule has 0 aliphatic carbocycles. The van der Waals surface area contributed by atoms with Gasteiger partial charge in [0.05, 0.1) is 12.7 Å². The van der Waals surface area contributed by atoms with Gasteiger partial charge in [-0.2, -0.15) is 0 Å². The predicted molar refractivity (Wildman–Crippen MR) is 83.6 cm³/mol. The fourth-order valence-corrected chi connectivity index (χ4v) is 2.97. The van der Waals surface area contributed by atoms with E-state index in [9.17, 15) is 4.79 Å². The van der Waals surface area contributed by atoms with Crippen LogP contribution >= 0.6 is 22.6 Å². The highest BCUT2D eigenvalue weighted by Gasteiger charge is 2.15. The second-order valence-electron chi connectivity index (χ2n) is 4.77. The van der Waals surface area contributed by atoms with Gasteiger partial charge >= 0.3 is 0 Å². The Kier molecular flexibility index (Phi) is 5.45. The molecule has 5 heteroatoms. The lowest BCUT2D eigenvalue weighted by molar-refractivity contribution is 0.0944. The first-order valence-electron chi connectivity index (χ1n) is 6.53. The molecule has 4 nitrogen and oxygen atoms in total. The van der Waals surface area contributed by atoms with E-state index in [-0.39, 0.29) is 5.91 Å². The Morgan fingerprint density at radius 1 is 1.58 bits per heavy atom. The Morgan fingerprint density at radius 3 is 3.05 bits per heavy atom. The van der Waals surface area contributed by atoms with E-state index in [1.54, 1.807) is 7.11 Å². The van der Waals surface area contributed by atoms with Crippen LogP contribution < -0.4 is 15.4 Å². The zero-order valence-electron chi connectivity index (χ0n) is 11.0. The van der Waals surface area contributed by atoms with Crippen LogP contribution in [0.15, 0.2) is 18.2 Å². The molecule has 104 valence electrons. The van der Waals surface area contributed by atoms with Crippen LogP contribution in [0.5, 0.6) is 5.75 Å². The van der Waals surface area contributed by atoms with Crippen molar-refractivity contribution in [3.63, 3.8) is 0 Å². The maximum Gasteiger partial charge on any atom is 0.252 e. The summed E-state index contributed by atoms with van der Waals surface area (Å²) < 4.78 is 6.05. The fraction of sp³-hybridized carbons (Fsp3) is 0.500. The minimum atomic E-state index is -0.00220. The third-order valence-electron chi connectivity index (χ3n) is 3.37. The van der Waals surface area contributed by atoms with Crippen molar-refractivity contribution in [1.29, 1.82) is 0 Å². The molecule has 1 aromatic carbocycles. The second-order valence-corrected chi connectivity index (χ2v) is 5.93. The molecule has 0 radical (unpaired) electrons. The Bertz CT molecular complexity index is 445. The standard InChI is InChI=1S/C14H19IN2O2/c1-19-11-4-5-12(13(15)7-11)14(18)17-9-10-3-2-6-16-8-10/h4-5,7,10,16H,2-3,6,8-9H2,1H3,(H,17,18). The van der Waals surface area contributed by atoms with E-state index in [1.165, 1.54) is 12.8 Å². The van der Waals surface area contributed by atoms with Gasteiger partial charge in [-0.1, -0.05) is 0 Å². The number of carbonyl (C=O) groups is 1. The lowest BCUT2D eigenvalue weighted by atomic mass is 10.00. The summed E-state index contributed by atoms with van der Waals surface area (Å²) in [5, 5.41) is 6.38. The molecule has 19 heavy (non-hydrogen) atoms. The first-order valence-corrected chi connectivity index (χ1v) is 7.61. The van der Waals surface area contributed by atoms with Gasteiger partial charge in [-0.25, -0.2) is 0 Å². The van der Waals surface area contributed by atoms with Crippen molar-refractivity contribution in [2.75, 3.05) is 26.7 Å². The molecule has 0 spiro atoms. The molecule has 1 aliphatic rings. The molecule has 1 atom stereocenters. The Hall–Kier alpha value is -0.820. The van der Waals surface area contributed by atoms with Crippen molar-refractivity contribution >= 4 is 28.5 Å². The molecule has 1 amide bonds. The zero-order chi connectivity index (χ0) is 13.7. The summed E-state index contributed by atoms with van der Waals surface area (Å²) in [6.45, 7) is 2.84. The average molecular weight is 374 g/mol. The molecule has 0 aromatic heterocycles. The predicted octanol–water partition coefficient (Wildman–Crippen LogP) is 2.03. The summed E-state index contributed by atoms with van der Waals surface area (Å²) in [4.78, 5) is 12.1. The summed E-state index contributed by atoms with van der Waals surface area (Å²) >= 11 is 2.17. The molecule has 2 rings (SSSR count). The Balaban J connectivity index is 1.92. The maximum atomic E-state index is 12.1. The SMILES string of the molecule is COc1ccc(C(=O)NCC2CCCNC2)c(I)c1. The van der Waals surface area contributed by atoms with Gasteiger partial charge in [0.25, 0.3) is 5.91 Å². The van der Waals surface area contributed by atoms with Crippen LogP contribution in [0.2, 0.25) is 0 Å². The first-order chi connectivity index (χ1) is 9.20. The molecule has 1 aliphatic heterocycles. The van der Waals surface area contributed by atoms with Gasteiger partial charge in [-0.3, -0.25) is 4.79 Å². The lowest BCUT2D eigenvalue weighted by Crippen LogP contribution is -2.38. The minimum absolute atomic E-state index is 0.00220. The van der Waals surface area contributed by atoms with Crippen molar-refractivity contribution in [3.05, 3.63) is 27.3 Å². The van der Waals surface area contributed by atoms with Crippen molar-refractivity contribution in [2.24, 2.45) is 5.92 Å². The summed E-state index contributed by atoms with van der Waals surface area (Å²) in [6, 6.07) is 5.51. The number of halogens is 1. The third kappa shape index (κ3) is 4.07. The van der Waals surface area contributed by atoms with Crippen LogP contribution in [0.1, 0.15) is 23.2 Å². The number of hydrogen-bond acceptors (Lipinski definition) is 3. The van der Waals surface area contributed by atoms with Crippen LogP contribution in [0.25, 0.3) is 0 Å². The largest absolute Gasteiger partial charge is 0.497 e. The molecule has 1 saturated heterocycles. The second kappa shape index (κ2) is 7.09. The highest BCUT2D eigenvalue weighted by Crippen LogP contribution is 2.19. The molecule has 0 saturated carbocycles. The molecule has 1 aromatic rings. The van der Waals surface area contributed by atoms with Gasteiger partial charge in [0.2, 0.25) is 0 Å². The van der Waals surface area contributed by atoms with Crippen molar-refractivity contribution < 1.29 is 9.53 Å². The molecule has 1 heterocycles. The minimum Gasteiger partial charge on any atom is -0.497 e. The number of piperidine rings is 1. The number of methoxy groups -OCH3 is 1. The maximum absolute atomic E-state index is 12.1. The van der Waals surface area contributed by atoms with E-state index in [2.05, 4.69) is 33.2 Å². The molecular weight excluding hydrogens is 355 g/mol. The van der Waals surface area contributed by atoms with Crippen LogP contribution in [0, 0.1) is 9.49 Å². The Labute approximate surface area is 127 Å². The van der Waals surface area contributed by atoms with E-state index >= 15 is 0 Å². The van der Waals surface area contributed by atoms with Gasteiger partial charge in [0, 0.05) is 10.1 Å². The van der Waals surface area contributed by atoms with Crippen LogP contribution in [-0.2, 0) is 0 Å². The lowest BCUT2D eigenvalue weighted by Gasteiger charge is -2.23. The molecule has 1 unspecified atom stereocenters. The number of ether oxygens (including phenoxy) is 1. The summed E-state index contributed by atoms with van der Waals surface area (Å²) in [6.07, 6.45) is 2.38. The summed E-state index contributed by atoms with van der Waals surface area (Å²) in [7, 11) is 1.63. The van der Waals surface area contributed by atoms with Crippen LogP contribution in [-0.4, -0.2) is 32.7 Å². The van der Waals surface area contributed by atoms with Gasteiger partial charge in [0.15, 0.2) is 0 Å². The summed E-state index contributed by atoms with van der Waals surface area (Å²) in [5.41, 5.74) is 0.713. The van der Waals surface area contributed by atoms with Gasteiger partial charge in [0.1, 0.15) is 5.75 Å². The fourth-order valence-electron chi connectivity index (χ4n) is 2.24. The van der Waals surface area contributed by atoms with Crippen molar-refractivity contribution in [2.45, 2.75) is 12.8 Å². The average Bonchev–Trinajstić information content (AvgIpc) is 2.45. The number of carbonyl (C=O) groups excluding carboxylic acids is 1. The molecule has 2 N–H and O–H groups in total. The summed E-state index contributed by atoms with van der Waals surface area (Å²) in [5.74, 6) is 1.32. The van der Waals surface area contributed by atoms with Crippen molar-refractivity contribution in [3.8, 4) is 5.75 Å². The van der Waals surface area contributed by atoms with Crippen molar-refractivity contribution in [1.82, 2.24) is 10.6 Å². The van der Waals surface area contributed by atoms with Gasteiger partial charge in [-0.05, 0) is 72.6 Å². The number of rotatable bonds is 4. The van der Waals surface area contributed by atoms with E-state index < -0.39 is 0 Å².